The summed E-state index contributed by atoms with van der Waals surface area (Å²) < 4.78 is 27.3. The summed E-state index contributed by atoms with van der Waals surface area (Å²) in [7, 11) is -3.70. The number of sulfonamides is 1. The SMILES string of the molecule is Cc1ccc(NS(=O)(=O)c2ccc(C(=O)NCC(C)CN)cc2)cc1.Cl. The van der Waals surface area contributed by atoms with Crippen molar-refractivity contribution in [3.05, 3.63) is 59.7 Å². The molecule has 0 aliphatic heterocycles. The lowest BCUT2D eigenvalue weighted by Crippen LogP contribution is -2.31. The van der Waals surface area contributed by atoms with Crippen molar-refractivity contribution in [2.24, 2.45) is 11.7 Å². The molecule has 0 bridgehead atoms. The molecule has 0 spiro atoms. The summed E-state index contributed by atoms with van der Waals surface area (Å²) in [5.41, 5.74) is 7.45. The van der Waals surface area contributed by atoms with Crippen LogP contribution < -0.4 is 15.8 Å². The van der Waals surface area contributed by atoms with Gasteiger partial charge in [0.15, 0.2) is 0 Å². The molecule has 0 fully saturated rings. The molecule has 2 aromatic rings. The Bertz CT molecular complexity index is 822. The number of nitrogens with two attached hydrogens (primary N) is 1. The van der Waals surface area contributed by atoms with Gasteiger partial charge in [0.2, 0.25) is 0 Å². The first-order chi connectivity index (χ1) is 11.8. The first-order valence-electron chi connectivity index (χ1n) is 7.99. The Morgan fingerprint density at radius 2 is 1.65 bits per heavy atom. The Balaban J connectivity index is 0.00000338. The van der Waals surface area contributed by atoms with Crippen molar-refractivity contribution in [2.45, 2.75) is 18.7 Å². The van der Waals surface area contributed by atoms with Gasteiger partial charge in [0.05, 0.1) is 4.90 Å². The molecule has 4 N–H and O–H groups in total. The zero-order valence-corrected chi connectivity index (χ0v) is 16.4. The number of anilines is 1. The third-order valence-corrected chi connectivity index (χ3v) is 5.14. The van der Waals surface area contributed by atoms with E-state index in [9.17, 15) is 13.2 Å². The third-order valence-electron chi connectivity index (χ3n) is 3.74. The van der Waals surface area contributed by atoms with Gasteiger partial charge in [-0.1, -0.05) is 24.6 Å². The highest BCUT2D eigenvalue weighted by Gasteiger charge is 2.15. The lowest BCUT2D eigenvalue weighted by atomic mass is 10.1. The summed E-state index contributed by atoms with van der Waals surface area (Å²) in [5.74, 6) is -0.0712. The van der Waals surface area contributed by atoms with E-state index in [1.165, 1.54) is 24.3 Å². The molecule has 0 aliphatic rings. The maximum absolute atomic E-state index is 12.4. The molecule has 0 saturated heterocycles. The summed E-state index contributed by atoms with van der Waals surface area (Å²) >= 11 is 0. The molecular formula is C18H24ClN3O3S. The van der Waals surface area contributed by atoms with Crippen LogP contribution in [0.1, 0.15) is 22.8 Å². The third kappa shape index (κ3) is 6.01. The highest BCUT2D eigenvalue weighted by atomic mass is 35.5. The largest absolute Gasteiger partial charge is 0.352 e. The molecule has 2 rings (SSSR count). The van der Waals surface area contributed by atoms with E-state index in [2.05, 4.69) is 10.0 Å². The van der Waals surface area contributed by atoms with Crippen molar-refractivity contribution < 1.29 is 13.2 Å². The Hall–Kier alpha value is -2.09. The standard InChI is InChI=1S/C18H23N3O3S.ClH/c1-13-3-7-16(8-4-13)21-25(23,24)17-9-5-15(6-10-17)18(22)20-12-14(2)11-19;/h3-10,14,21H,11-12,19H2,1-2H3,(H,20,22);1H. The molecule has 26 heavy (non-hydrogen) atoms. The van der Waals surface area contributed by atoms with Gasteiger partial charge >= 0.3 is 0 Å². The second-order valence-corrected chi connectivity index (χ2v) is 7.73. The predicted octanol–water partition coefficient (Wildman–Crippen LogP) is 2.54. The van der Waals surface area contributed by atoms with E-state index in [1.807, 2.05) is 26.0 Å². The van der Waals surface area contributed by atoms with Crippen molar-refractivity contribution in [3.8, 4) is 0 Å². The highest BCUT2D eigenvalue weighted by molar-refractivity contribution is 7.92. The summed E-state index contributed by atoms with van der Waals surface area (Å²) in [4.78, 5) is 12.1. The van der Waals surface area contributed by atoms with Gasteiger partial charge in [0.1, 0.15) is 0 Å². The normalized spacial score (nSPS) is 12.0. The number of amides is 1. The molecular weight excluding hydrogens is 374 g/mol. The topological polar surface area (TPSA) is 101 Å². The number of hydrogen-bond acceptors (Lipinski definition) is 4. The number of benzene rings is 2. The summed E-state index contributed by atoms with van der Waals surface area (Å²) in [6.45, 7) is 4.83. The van der Waals surface area contributed by atoms with Crippen LogP contribution in [0.3, 0.4) is 0 Å². The van der Waals surface area contributed by atoms with E-state index < -0.39 is 10.0 Å². The maximum atomic E-state index is 12.4. The minimum atomic E-state index is -3.70. The van der Waals surface area contributed by atoms with Crippen LogP contribution in [0.4, 0.5) is 5.69 Å². The van der Waals surface area contributed by atoms with Crippen molar-refractivity contribution in [2.75, 3.05) is 17.8 Å². The first-order valence-corrected chi connectivity index (χ1v) is 9.48. The Morgan fingerprint density at radius 3 is 2.19 bits per heavy atom. The Morgan fingerprint density at radius 1 is 1.08 bits per heavy atom. The van der Waals surface area contributed by atoms with Crippen LogP contribution in [0, 0.1) is 12.8 Å². The average Bonchev–Trinajstić information content (AvgIpc) is 2.61. The van der Waals surface area contributed by atoms with E-state index in [4.69, 9.17) is 5.73 Å². The van der Waals surface area contributed by atoms with E-state index in [-0.39, 0.29) is 29.1 Å². The van der Waals surface area contributed by atoms with Crippen molar-refractivity contribution in [1.29, 1.82) is 0 Å². The fourth-order valence-electron chi connectivity index (χ4n) is 2.07. The monoisotopic (exact) mass is 397 g/mol. The number of rotatable bonds is 7. The number of carbonyl (C=O) groups excluding carboxylic acids is 1. The molecule has 0 radical (unpaired) electrons. The second kappa shape index (κ2) is 9.56. The van der Waals surface area contributed by atoms with Crippen LogP contribution in [0.2, 0.25) is 0 Å². The second-order valence-electron chi connectivity index (χ2n) is 6.05. The van der Waals surface area contributed by atoms with Crippen LogP contribution >= 0.6 is 12.4 Å². The lowest BCUT2D eigenvalue weighted by Gasteiger charge is -2.11. The smallest absolute Gasteiger partial charge is 0.261 e. The average molecular weight is 398 g/mol. The fraction of sp³-hybridized carbons (Fsp3) is 0.278. The van der Waals surface area contributed by atoms with E-state index in [1.54, 1.807) is 12.1 Å². The fourth-order valence-corrected chi connectivity index (χ4v) is 3.13. The van der Waals surface area contributed by atoms with E-state index in [0.717, 1.165) is 5.56 Å². The van der Waals surface area contributed by atoms with Crippen LogP contribution in [0.5, 0.6) is 0 Å². The molecule has 2 aromatic carbocycles. The quantitative estimate of drug-likeness (QED) is 0.668. The van der Waals surface area contributed by atoms with Crippen molar-refractivity contribution >= 4 is 34.0 Å². The molecule has 0 aliphatic carbocycles. The van der Waals surface area contributed by atoms with Gasteiger partial charge in [-0.05, 0) is 55.8 Å². The lowest BCUT2D eigenvalue weighted by molar-refractivity contribution is 0.0948. The van der Waals surface area contributed by atoms with Gasteiger partial charge < -0.3 is 11.1 Å². The van der Waals surface area contributed by atoms with Gasteiger partial charge in [-0.2, -0.15) is 0 Å². The molecule has 6 nitrogen and oxygen atoms in total. The van der Waals surface area contributed by atoms with Gasteiger partial charge in [0, 0.05) is 17.8 Å². The number of nitrogens with one attached hydrogen (secondary N) is 2. The van der Waals surface area contributed by atoms with Crippen LogP contribution in [0.25, 0.3) is 0 Å². The van der Waals surface area contributed by atoms with Gasteiger partial charge in [-0.3, -0.25) is 9.52 Å². The zero-order valence-electron chi connectivity index (χ0n) is 14.7. The number of halogens is 1. The zero-order chi connectivity index (χ0) is 18.4. The molecule has 0 saturated carbocycles. The van der Waals surface area contributed by atoms with Gasteiger partial charge in [0.25, 0.3) is 15.9 Å². The first kappa shape index (κ1) is 22.0. The number of carbonyl (C=O) groups is 1. The van der Waals surface area contributed by atoms with Crippen molar-refractivity contribution in [3.63, 3.8) is 0 Å². The molecule has 1 atom stereocenters. The van der Waals surface area contributed by atoms with Crippen molar-refractivity contribution in [1.82, 2.24) is 5.32 Å². The molecule has 0 heterocycles. The van der Waals surface area contributed by atoms with Crippen LogP contribution in [0.15, 0.2) is 53.4 Å². The Kier molecular flexibility index (Phi) is 8.08. The van der Waals surface area contributed by atoms with Gasteiger partial charge in [-0.15, -0.1) is 12.4 Å². The number of aryl methyl sites for hydroxylation is 1. The van der Waals surface area contributed by atoms with E-state index >= 15 is 0 Å². The molecule has 1 amide bonds. The number of hydrogen-bond donors (Lipinski definition) is 3. The minimum absolute atomic E-state index is 0. The van der Waals surface area contributed by atoms with Crippen LogP contribution in [-0.4, -0.2) is 27.4 Å². The summed E-state index contributed by atoms with van der Waals surface area (Å²) in [5, 5.41) is 2.77. The van der Waals surface area contributed by atoms with E-state index in [0.29, 0.717) is 24.3 Å². The Labute approximate surface area is 160 Å². The minimum Gasteiger partial charge on any atom is -0.352 e. The molecule has 1 unspecified atom stereocenters. The highest BCUT2D eigenvalue weighted by Crippen LogP contribution is 2.17. The van der Waals surface area contributed by atoms with Gasteiger partial charge in [-0.25, -0.2) is 8.42 Å². The predicted molar refractivity (Wildman–Crippen MR) is 106 cm³/mol. The maximum Gasteiger partial charge on any atom is 0.261 e. The van der Waals surface area contributed by atoms with Crippen LogP contribution in [-0.2, 0) is 10.0 Å². The molecule has 8 heteroatoms. The molecule has 142 valence electrons. The molecule has 0 aromatic heterocycles. The summed E-state index contributed by atoms with van der Waals surface area (Å²) in [6, 6.07) is 12.9. The summed E-state index contributed by atoms with van der Waals surface area (Å²) in [6.07, 6.45) is 0.